The minimum Gasteiger partial charge on any atom is -0.491 e. The number of hydrogen-bond acceptors (Lipinski definition) is 7. The minimum absolute atomic E-state index is 0.0589. The second-order valence-corrected chi connectivity index (χ2v) is 7.63. The molecule has 2 aromatic rings. The summed E-state index contributed by atoms with van der Waals surface area (Å²) in [6.45, 7) is 1.40. The fraction of sp³-hybridized carbons (Fsp3) is 0.364. The molecule has 1 aromatic carbocycles. The average molecular weight is 455 g/mol. The Hall–Kier alpha value is -3.53. The summed E-state index contributed by atoms with van der Waals surface area (Å²) in [4.78, 5) is 22.7. The predicted octanol–water partition coefficient (Wildman–Crippen LogP) is 3.50. The second-order valence-electron chi connectivity index (χ2n) is 7.23. The molecule has 3 rings (SSSR count). The van der Waals surface area contributed by atoms with Crippen LogP contribution in [0.4, 0.5) is 16.3 Å². The number of benzene rings is 1. The summed E-state index contributed by atoms with van der Waals surface area (Å²) in [6, 6.07) is 4.69. The maximum atomic E-state index is 12.6. The number of carbonyl (C=O) groups is 1. The van der Waals surface area contributed by atoms with Gasteiger partial charge in [-0.25, -0.2) is 9.78 Å². The van der Waals surface area contributed by atoms with Crippen LogP contribution in [-0.4, -0.2) is 54.8 Å². The van der Waals surface area contributed by atoms with Gasteiger partial charge >= 0.3 is 6.03 Å². The third-order valence-corrected chi connectivity index (χ3v) is 4.62. The van der Waals surface area contributed by atoms with Crippen LogP contribution in [0.2, 0.25) is 5.02 Å². The van der Waals surface area contributed by atoms with Crippen molar-refractivity contribution in [2.45, 2.75) is 19.3 Å². The van der Waals surface area contributed by atoms with Crippen LogP contribution < -0.4 is 20.1 Å². The summed E-state index contributed by atoms with van der Waals surface area (Å²) in [7, 11) is 3.86. The van der Waals surface area contributed by atoms with Crippen molar-refractivity contribution >= 4 is 29.1 Å². The summed E-state index contributed by atoms with van der Waals surface area (Å²) >= 11 is 6.39. The molecule has 0 unspecified atom stereocenters. The molecular formula is C22H23ClN6O3. The molecule has 9 nitrogen and oxygen atoms in total. The third kappa shape index (κ3) is 6.48. The number of nitrogens with zero attached hydrogens (tertiary/aromatic N) is 4. The van der Waals surface area contributed by atoms with Gasteiger partial charge in [0, 0.05) is 5.56 Å². The Morgan fingerprint density at radius 3 is 2.72 bits per heavy atom. The van der Waals surface area contributed by atoms with Crippen molar-refractivity contribution in [3.05, 3.63) is 34.6 Å². The SMILES string of the molecule is CN(C)CC#Cc1cc2c(cc1Cl)NC(=O)Nc1cnc(C#N)c(n1)OCCCCCO2. The lowest BCUT2D eigenvalue weighted by atomic mass is 10.2. The first-order chi connectivity index (χ1) is 15.5. The number of nitrogens with one attached hydrogen (secondary N) is 2. The smallest absolute Gasteiger partial charge is 0.325 e. The van der Waals surface area contributed by atoms with E-state index in [2.05, 4.69) is 32.4 Å². The summed E-state index contributed by atoms with van der Waals surface area (Å²) < 4.78 is 11.5. The van der Waals surface area contributed by atoms with Crippen molar-refractivity contribution in [3.8, 4) is 29.5 Å². The number of nitriles is 1. The molecule has 0 aliphatic carbocycles. The van der Waals surface area contributed by atoms with Gasteiger partial charge in [-0.05, 0) is 45.5 Å². The number of fused-ring (bicyclic) bond motifs is 3. The van der Waals surface area contributed by atoms with Crippen LogP contribution in [-0.2, 0) is 0 Å². The Labute approximate surface area is 191 Å². The molecular weight excluding hydrogens is 432 g/mol. The van der Waals surface area contributed by atoms with Gasteiger partial charge in [-0.1, -0.05) is 23.4 Å². The number of amides is 2. The zero-order chi connectivity index (χ0) is 22.9. The normalized spacial score (nSPS) is 14.0. The summed E-state index contributed by atoms with van der Waals surface area (Å²) in [5.41, 5.74) is 1.07. The Balaban J connectivity index is 1.88. The van der Waals surface area contributed by atoms with Crippen molar-refractivity contribution in [2.75, 3.05) is 44.5 Å². The molecule has 2 heterocycles. The Morgan fingerprint density at radius 1 is 1.19 bits per heavy atom. The molecule has 0 atom stereocenters. The van der Waals surface area contributed by atoms with Gasteiger partial charge in [0.25, 0.3) is 5.88 Å². The maximum Gasteiger partial charge on any atom is 0.325 e. The molecule has 0 fully saturated rings. The number of ether oxygens (including phenoxy) is 2. The lowest BCUT2D eigenvalue weighted by Crippen LogP contribution is -2.21. The number of hydrogen-bond donors (Lipinski definition) is 2. The molecule has 1 aliphatic heterocycles. The van der Waals surface area contributed by atoms with Crippen LogP contribution in [0.25, 0.3) is 0 Å². The van der Waals surface area contributed by atoms with Gasteiger partial charge in [-0.2, -0.15) is 10.2 Å². The number of urea groups is 1. The number of halogens is 1. The fourth-order valence-corrected chi connectivity index (χ4v) is 2.98. The summed E-state index contributed by atoms with van der Waals surface area (Å²) in [5.74, 6) is 6.78. The van der Waals surface area contributed by atoms with Crippen molar-refractivity contribution in [1.82, 2.24) is 14.9 Å². The molecule has 0 radical (unpaired) electrons. The van der Waals surface area contributed by atoms with E-state index in [9.17, 15) is 10.1 Å². The first kappa shape index (κ1) is 23.1. The molecule has 2 N–H and O–H groups in total. The van der Waals surface area contributed by atoms with Gasteiger partial charge in [0.1, 0.15) is 11.8 Å². The van der Waals surface area contributed by atoms with Crippen LogP contribution in [0.15, 0.2) is 18.3 Å². The van der Waals surface area contributed by atoms with Gasteiger partial charge in [0.05, 0.1) is 36.7 Å². The van der Waals surface area contributed by atoms with Crippen LogP contribution in [0, 0.1) is 23.2 Å². The van der Waals surface area contributed by atoms with Crippen molar-refractivity contribution in [2.24, 2.45) is 0 Å². The lowest BCUT2D eigenvalue weighted by molar-refractivity contribution is 0.261. The van der Waals surface area contributed by atoms with Crippen molar-refractivity contribution in [3.63, 3.8) is 0 Å². The summed E-state index contributed by atoms with van der Waals surface area (Å²) in [6.07, 6.45) is 3.66. The molecule has 2 bridgehead atoms. The summed E-state index contributed by atoms with van der Waals surface area (Å²) in [5, 5.41) is 14.9. The second kappa shape index (κ2) is 11.2. The Bertz CT molecular complexity index is 1090. The first-order valence-electron chi connectivity index (χ1n) is 10.0. The molecule has 1 aromatic heterocycles. The van der Waals surface area contributed by atoms with E-state index in [1.165, 1.54) is 6.20 Å². The van der Waals surface area contributed by atoms with Gasteiger partial charge in [0.15, 0.2) is 5.82 Å². The predicted molar refractivity (Wildman–Crippen MR) is 121 cm³/mol. The highest BCUT2D eigenvalue weighted by Gasteiger charge is 2.15. The van der Waals surface area contributed by atoms with E-state index < -0.39 is 6.03 Å². The van der Waals surface area contributed by atoms with Gasteiger partial charge in [-0.15, -0.1) is 0 Å². The number of anilines is 2. The standard InChI is InChI=1S/C22H23ClN6O3/c1-29(2)8-6-7-15-11-19-17(12-16(15)23)26-22(30)28-20-14-25-18(13-24)21(27-20)32-10-5-3-4-9-31-19/h11-12,14H,3-5,8-10H2,1-2H3,(H2,26,27,28,30). The van der Waals surface area contributed by atoms with E-state index in [1.54, 1.807) is 12.1 Å². The maximum absolute atomic E-state index is 12.6. The average Bonchev–Trinajstić information content (AvgIpc) is 2.75. The van der Waals surface area contributed by atoms with Crippen LogP contribution in [0.1, 0.15) is 30.5 Å². The van der Waals surface area contributed by atoms with Gasteiger partial charge < -0.3 is 14.8 Å². The van der Waals surface area contributed by atoms with Crippen LogP contribution in [0.5, 0.6) is 11.6 Å². The molecule has 0 saturated carbocycles. The van der Waals surface area contributed by atoms with E-state index in [1.807, 2.05) is 25.1 Å². The number of carbonyl (C=O) groups excluding carboxylic acids is 1. The van der Waals surface area contributed by atoms with E-state index >= 15 is 0 Å². The highest BCUT2D eigenvalue weighted by molar-refractivity contribution is 6.32. The van der Waals surface area contributed by atoms with Gasteiger partial charge in [-0.3, -0.25) is 10.2 Å². The largest absolute Gasteiger partial charge is 0.491 e. The minimum atomic E-state index is -0.572. The van der Waals surface area contributed by atoms with E-state index in [0.717, 1.165) is 19.3 Å². The van der Waals surface area contributed by atoms with Gasteiger partial charge in [0.2, 0.25) is 5.69 Å². The van der Waals surface area contributed by atoms with E-state index in [0.29, 0.717) is 41.8 Å². The topological polar surface area (TPSA) is 112 Å². The quantitative estimate of drug-likeness (QED) is 0.634. The zero-order valence-electron chi connectivity index (χ0n) is 17.9. The molecule has 166 valence electrons. The molecule has 10 heteroatoms. The van der Waals surface area contributed by atoms with Crippen LogP contribution in [0.3, 0.4) is 0 Å². The lowest BCUT2D eigenvalue weighted by Gasteiger charge is -2.14. The zero-order valence-corrected chi connectivity index (χ0v) is 18.6. The number of aromatic nitrogens is 2. The molecule has 32 heavy (non-hydrogen) atoms. The third-order valence-electron chi connectivity index (χ3n) is 4.31. The highest BCUT2D eigenvalue weighted by Crippen LogP contribution is 2.32. The van der Waals surface area contributed by atoms with Crippen LogP contribution >= 0.6 is 11.6 Å². The van der Waals surface area contributed by atoms with Crippen molar-refractivity contribution < 1.29 is 14.3 Å². The van der Waals surface area contributed by atoms with E-state index in [4.69, 9.17) is 21.1 Å². The Kier molecular flexibility index (Phi) is 8.09. The monoisotopic (exact) mass is 454 g/mol. The van der Waals surface area contributed by atoms with E-state index in [-0.39, 0.29) is 17.4 Å². The number of rotatable bonds is 1. The molecule has 0 saturated heterocycles. The Morgan fingerprint density at radius 2 is 1.97 bits per heavy atom. The molecule has 0 spiro atoms. The molecule has 2 amide bonds. The highest BCUT2D eigenvalue weighted by atomic mass is 35.5. The van der Waals surface area contributed by atoms with Crippen molar-refractivity contribution in [1.29, 1.82) is 5.26 Å². The fourth-order valence-electron chi connectivity index (χ4n) is 2.77. The first-order valence-corrected chi connectivity index (χ1v) is 10.4. The molecule has 1 aliphatic rings.